The maximum absolute atomic E-state index is 13.4. The van der Waals surface area contributed by atoms with E-state index in [0.717, 1.165) is 5.56 Å². The number of rotatable bonds is 2. The highest BCUT2D eigenvalue weighted by Gasteiger charge is 2.11. The van der Waals surface area contributed by atoms with Crippen LogP contribution in [0.1, 0.15) is 28.4 Å². The number of carbonyl (C=O) groups is 1. The molecule has 19 heavy (non-hydrogen) atoms. The fraction of sp³-hybridized carbons (Fsp3) is 0.125. The number of benzene rings is 2. The molecular formula is C16H12FNO. The van der Waals surface area contributed by atoms with Crippen LogP contribution in [-0.2, 0) is 0 Å². The van der Waals surface area contributed by atoms with Gasteiger partial charge in [-0.1, -0.05) is 12.1 Å². The van der Waals surface area contributed by atoms with Crippen molar-refractivity contribution in [2.24, 2.45) is 0 Å². The molecule has 0 radical (unpaired) electrons. The standard InChI is InChI=1S/C16H12FNO/c1-10-3-4-12(7-13(10)9-18)16-8-14(17)5-6-15(16)11(2)19/h3-8H,1-2H3. The van der Waals surface area contributed by atoms with Crippen molar-refractivity contribution in [3.05, 3.63) is 58.9 Å². The van der Waals surface area contributed by atoms with Crippen LogP contribution in [-0.4, -0.2) is 5.78 Å². The molecule has 0 aliphatic carbocycles. The molecule has 3 heteroatoms. The van der Waals surface area contributed by atoms with Gasteiger partial charge in [0.25, 0.3) is 0 Å². The van der Waals surface area contributed by atoms with E-state index in [9.17, 15) is 9.18 Å². The summed E-state index contributed by atoms with van der Waals surface area (Å²) in [5, 5.41) is 9.03. The van der Waals surface area contributed by atoms with E-state index in [1.165, 1.54) is 25.1 Å². The second-order valence-electron chi connectivity index (χ2n) is 4.39. The van der Waals surface area contributed by atoms with E-state index in [1.54, 1.807) is 18.2 Å². The number of carbonyl (C=O) groups excluding carboxylic acids is 1. The van der Waals surface area contributed by atoms with Gasteiger partial charge in [-0.25, -0.2) is 4.39 Å². The smallest absolute Gasteiger partial charge is 0.160 e. The number of aryl methyl sites for hydroxylation is 1. The fourth-order valence-corrected chi connectivity index (χ4v) is 1.97. The molecule has 0 aromatic heterocycles. The number of ketones is 1. The first-order chi connectivity index (χ1) is 9.02. The van der Waals surface area contributed by atoms with Gasteiger partial charge < -0.3 is 0 Å². The molecule has 2 aromatic rings. The Morgan fingerprint density at radius 3 is 2.58 bits per heavy atom. The molecule has 94 valence electrons. The van der Waals surface area contributed by atoms with Crippen LogP contribution in [0.2, 0.25) is 0 Å². The molecule has 0 aliphatic rings. The molecule has 0 saturated carbocycles. The van der Waals surface area contributed by atoms with E-state index in [4.69, 9.17) is 5.26 Å². The van der Waals surface area contributed by atoms with Gasteiger partial charge >= 0.3 is 0 Å². The van der Waals surface area contributed by atoms with Crippen molar-refractivity contribution in [3.8, 4) is 17.2 Å². The van der Waals surface area contributed by atoms with Crippen LogP contribution >= 0.6 is 0 Å². The Morgan fingerprint density at radius 2 is 1.95 bits per heavy atom. The monoisotopic (exact) mass is 253 g/mol. The number of nitrogens with zero attached hydrogens (tertiary/aromatic N) is 1. The molecule has 0 atom stereocenters. The summed E-state index contributed by atoms with van der Waals surface area (Å²) in [4.78, 5) is 11.6. The molecule has 0 bridgehead atoms. The van der Waals surface area contributed by atoms with E-state index in [2.05, 4.69) is 6.07 Å². The van der Waals surface area contributed by atoms with Crippen molar-refractivity contribution in [2.75, 3.05) is 0 Å². The number of nitriles is 1. The minimum Gasteiger partial charge on any atom is -0.294 e. The molecule has 0 aliphatic heterocycles. The first-order valence-corrected chi connectivity index (χ1v) is 5.84. The molecule has 0 unspecified atom stereocenters. The van der Waals surface area contributed by atoms with Crippen LogP contribution in [0.4, 0.5) is 4.39 Å². The molecule has 0 fully saturated rings. The fourth-order valence-electron chi connectivity index (χ4n) is 1.97. The van der Waals surface area contributed by atoms with Crippen LogP contribution in [0.3, 0.4) is 0 Å². The van der Waals surface area contributed by atoms with Crippen molar-refractivity contribution in [2.45, 2.75) is 13.8 Å². The minimum absolute atomic E-state index is 0.130. The van der Waals surface area contributed by atoms with E-state index in [1.807, 2.05) is 6.92 Å². The van der Waals surface area contributed by atoms with E-state index >= 15 is 0 Å². The van der Waals surface area contributed by atoms with Gasteiger partial charge in [0.1, 0.15) is 5.82 Å². The highest BCUT2D eigenvalue weighted by Crippen LogP contribution is 2.27. The lowest BCUT2D eigenvalue weighted by molar-refractivity contribution is 0.101. The Balaban J connectivity index is 2.68. The SMILES string of the molecule is CC(=O)c1ccc(F)cc1-c1ccc(C)c(C#N)c1. The Labute approximate surface area is 111 Å². The highest BCUT2D eigenvalue weighted by molar-refractivity contribution is 6.00. The first-order valence-electron chi connectivity index (χ1n) is 5.84. The number of halogens is 1. The van der Waals surface area contributed by atoms with E-state index in [0.29, 0.717) is 22.3 Å². The van der Waals surface area contributed by atoms with Crippen LogP contribution < -0.4 is 0 Å². The molecular weight excluding hydrogens is 241 g/mol. The van der Waals surface area contributed by atoms with Crippen LogP contribution in [0.5, 0.6) is 0 Å². The molecule has 2 rings (SSSR count). The van der Waals surface area contributed by atoms with Crippen LogP contribution in [0, 0.1) is 24.1 Å². The molecule has 2 aromatic carbocycles. The van der Waals surface area contributed by atoms with Crippen molar-refractivity contribution in [3.63, 3.8) is 0 Å². The van der Waals surface area contributed by atoms with E-state index in [-0.39, 0.29) is 5.78 Å². The molecule has 0 N–H and O–H groups in total. The maximum atomic E-state index is 13.4. The zero-order chi connectivity index (χ0) is 14.0. The van der Waals surface area contributed by atoms with Crippen molar-refractivity contribution >= 4 is 5.78 Å². The molecule has 0 saturated heterocycles. The molecule has 2 nitrogen and oxygen atoms in total. The number of Topliss-reactive ketones (excluding diaryl/α,β-unsaturated/α-hetero) is 1. The molecule has 0 amide bonds. The lowest BCUT2D eigenvalue weighted by Crippen LogP contribution is -1.97. The van der Waals surface area contributed by atoms with E-state index < -0.39 is 5.82 Å². The van der Waals surface area contributed by atoms with Crippen molar-refractivity contribution in [1.29, 1.82) is 5.26 Å². The number of hydrogen-bond donors (Lipinski definition) is 0. The largest absolute Gasteiger partial charge is 0.294 e. The zero-order valence-corrected chi connectivity index (χ0v) is 10.7. The lowest BCUT2D eigenvalue weighted by atomic mass is 9.95. The minimum atomic E-state index is -0.404. The Hall–Kier alpha value is -2.47. The van der Waals surface area contributed by atoms with Gasteiger partial charge in [0.15, 0.2) is 5.78 Å². The van der Waals surface area contributed by atoms with Crippen LogP contribution in [0.25, 0.3) is 11.1 Å². The quantitative estimate of drug-likeness (QED) is 0.762. The third-order valence-electron chi connectivity index (χ3n) is 3.03. The summed E-state index contributed by atoms with van der Waals surface area (Å²) < 4.78 is 13.4. The average molecular weight is 253 g/mol. The Kier molecular flexibility index (Phi) is 3.43. The summed E-state index contributed by atoms with van der Waals surface area (Å²) in [6, 6.07) is 11.4. The van der Waals surface area contributed by atoms with Crippen molar-refractivity contribution < 1.29 is 9.18 Å². The van der Waals surface area contributed by atoms with Gasteiger partial charge in [0.05, 0.1) is 11.6 Å². The summed E-state index contributed by atoms with van der Waals surface area (Å²) in [6.07, 6.45) is 0. The van der Waals surface area contributed by atoms with Gasteiger partial charge in [-0.2, -0.15) is 5.26 Å². The topological polar surface area (TPSA) is 40.9 Å². The second kappa shape index (κ2) is 5.03. The van der Waals surface area contributed by atoms with Gasteiger partial charge in [-0.15, -0.1) is 0 Å². The zero-order valence-electron chi connectivity index (χ0n) is 10.7. The van der Waals surface area contributed by atoms with Gasteiger partial charge in [0.2, 0.25) is 0 Å². The third-order valence-corrected chi connectivity index (χ3v) is 3.03. The Bertz CT molecular complexity index is 698. The summed E-state index contributed by atoms with van der Waals surface area (Å²) in [6.45, 7) is 3.27. The van der Waals surface area contributed by atoms with Gasteiger partial charge in [-0.05, 0) is 54.8 Å². The summed E-state index contributed by atoms with van der Waals surface area (Å²) in [5.41, 5.74) is 3.02. The molecule has 0 heterocycles. The van der Waals surface area contributed by atoms with Gasteiger partial charge in [0, 0.05) is 5.56 Å². The lowest BCUT2D eigenvalue weighted by Gasteiger charge is -2.09. The summed E-state index contributed by atoms with van der Waals surface area (Å²) in [7, 11) is 0. The molecule has 0 spiro atoms. The van der Waals surface area contributed by atoms with Crippen LogP contribution in [0.15, 0.2) is 36.4 Å². The number of hydrogen-bond acceptors (Lipinski definition) is 2. The highest BCUT2D eigenvalue weighted by atomic mass is 19.1. The normalized spacial score (nSPS) is 10.0. The average Bonchev–Trinajstić information content (AvgIpc) is 2.38. The summed E-state index contributed by atoms with van der Waals surface area (Å²) in [5.74, 6) is -0.534. The first kappa shape index (κ1) is 13.0. The second-order valence-corrected chi connectivity index (χ2v) is 4.39. The van der Waals surface area contributed by atoms with Gasteiger partial charge in [-0.3, -0.25) is 4.79 Å². The summed E-state index contributed by atoms with van der Waals surface area (Å²) >= 11 is 0. The predicted molar refractivity (Wildman–Crippen MR) is 71.3 cm³/mol. The maximum Gasteiger partial charge on any atom is 0.160 e. The Morgan fingerprint density at radius 1 is 1.21 bits per heavy atom. The predicted octanol–water partition coefficient (Wildman–Crippen LogP) is 3.88. The third kappa shape index (κ3) is 2.53. The van der Waals surface area contributed by atoms with Crippen molar-refractivity contribution in [1.82, 2.24) is 0 Å².